The quantitative estimate of drug-likeness (QED) is 0.165. The van der Waals surface area contributed by atoms with Gasteiger partial charge in [-0.1, -0.05) is 116 Å². The van der Waals surface area contributed by atoms with Crippen LogP contribution in [0.5, 0.6) is 5.75 Å². The molecule has 5 heterocycles. The predicted octanol–water partition coefficient (Wildman–Crippen LogP) is 12.7. The zero-order valence-corrected chi connectivity index (χ0v) is 35.3. The molecule has 0 saturated carbocycles. The molecule has 300 valence electrons. The molecule has 0 amide bonds. The van der Waals surface area contributed by atoms with Crippen molar-refractivity contribution < 1.29 is 9.15 Å². The molecule has 0 spiro atoms. The van der Waals surface area contributed by atoms with E-state index in [1.165, 1.54) is 66.8 Å². The second kappa shape index (κ2) is 12.6. The monoisotopic (exact) mass is 811 g/mol. The van der Waals surface area contributed by atoms with Crippen LogP contribution in [-0.4, -0.2) is 12.8 Å². The number of fused-ring (bicyclic) bond motifs is 8. The molecule has 0 saturated heterocycles. The maximum atomic E-state index is 7.18. The number of benzene rings is 7. The van der Waals surface area contributed by atoms with Gasteiger partial charge in [0.1, 0.15) is 23.2 Å². The summed E-state index contributed by atoms with van der Waals surface area (Å²) in [7, 11) is 0. The van der Waals surface area contributed by atoms with Gasteiger partial charge in [-0.3, -0.25) is 0 Å². The number of aryl methyl sites for hydroxylation is 1. The Labute approximate surface area is 367 Å². The highest BCUT2D eigenvalue weighted by atomic mass is 16.5. The summed E-state index contributed by atoms with van der Waals surface area (Å²) in [6, 6.07) is 53.4. The zero-order chi connectivity index (χ0) is 41.7. The van der Waals surface area contributed by atoms with Crippen molar-refractivity contribution in [1.29, 1.82) is 0 Å². The molecule has 3 unspecified atom stereocenters. The molecule has 63 heavy (non-hydrogen) atoms. The fourth-order valence-electron chi connectivity index (χ4n) is 12.2. The molecule has 4 aliphatic heterocycles. The second-order valence-corrected chi connectivity index (χ2v) is 18.3. The minimum atomic E-state index is -0.390. The van der Waals surface area contributed by atoms with Crippen LogP contribution in [0.3, 0.4) is 0 Å². The Morgan fingerprint density at radius 1 is 0.603 bits per heavy atom. The lowest BCUT2D eigenvalue weighted by atomic mass is 9.31. The number of hydrogen-bond donors (Lipinski definition) is 0. The molecule has 14 rings (SSSR count). The molecule has 0 N–H and O–H groups in total. The van der Waals surface area contributed by atoms with Gasteiger partial charge in [-0.2, -0.15) is 0 Å². The summed E-state index contributed by atoms with van der Waals surface area (Å²) >= 11 is 0. The Kier molecular flexibility index (Phi) is 7.03. The summed E-state index contributed by atoms with van der Waals surface area (Å²) in [6.07, 6.45) is 13.4. The van der Waals surface area contributed by atoms with E-state index in [1.54, 1.807) is 0 Å². The maximum absolute atomic E-state index is 7.18. The summed E-state index contributed by atoms with van der Waals surface area (Å²) in [5, 5.41) is 1.18. The van der Waals surface area contributed by atoms with Crippen LogP contribution in [0.25, 0.3) is 17.0 Å². The molecular weight excluding hydrogens is 769 g/mol. The van der Waals surface area contributed by atoms with Crippen molar-refractivity contribution in [3.63, 3.8) is 0 Å². The lowest BCUT2D eigenvalue weighted by Gasteiger charge is -2.50. The number of nitrogens with zero attached hydrogens (tertiary/aromatic N) is 3. The van der Waals surface area contributed by atoms with Crippen LogP contribution in [0, 0.1) is 6.92 Å². The Bertz CT molecular complexity index is 3340. The minimum absolute atomic E-state index is 0.0872. The maximum Gasteiger partial charge on any atom is 0.257 e. The smallest absolute Gasteiger partial charge is 0.257 e. The van der Waals surface area contributed by atoms with Crippen molar-refractivity contribution in [2.75, 3.05) is 14.7 Å². The van der Waals surface area contributed by atoms with E-state index >= 15 is 0 Å². The minimum Gasteiger partial charge on any atom is -0.485 e. The zero-order valence-electron chi connectivity index (χ0n) is 35.3. The molecule has 0 radical (unpaired) electrons. The van der Waals surface area contributed by atoms with Gasteiger partial charge in [-0.15, -0.1) is 0 Å². The van der Waals surface area contributed by atoms with Crippen LogP contribution in [0.1, 0.15) is 53.7 Å². The first-order valence-electron chi connectivity index (χ1n) is 22.3. The van der Waals surface area contributed by atoms with E-state index in [2.05, 4.69) is 218 Å². The van der Waals surface area contributed by atoms with Gasteiger partial charge in [0.15, 0.2) is 0 Å². The Balaban J connectivity index is 1.18. The fraction of sp³-hybridized carbons (Fsp3) is 0.123. The van der Waals surface area contributed by atoms with Crippen molar-refractivity contribution in [3.05, 3.63) is 204 Å². The van der Waals surface area contributed by atoms with Gasteiger partial charge in [0, 0.05) is 74.4 Å². The molecule has 8 aromatic rings. The van der Waals surface area contributed by atoms with E-state index in [1.807, 2.05) is 0 Å². The van der Waals surface area contributed by atoms with Gasteiger partial charge in [0.25, 0.3) is 6.71 Å². The summed E-state index contributed by atoms with van der Waals surface area (Å²) in [6.45, 7) is 6.91. The van der Waals surface area contributed by atoms with E-state index in [0.717, 1.165) is 45.5 Å². The van der Waals surface area contributed by atoms with Crippen LogP contribution < -0.4 is 35.8 Å². The number of rotatable bonds is 4. The van der Waals surface area contributed by atoms with Crippen molar-refractivity contribution in [1.82, 2.24) is 0 Å². The Morgan fingerprint density at radius 3 is 1.86 bits per heavy atom. The average molecular weight is 812 g/mol. The molecule has 4 atom stereocenters. The summed E-state index contributed by atoms with van der Waals surface area (Å²) < 4.78 is 14.3. The standard InChI is InChI=1S/C57H42BN3O2/c1-34-30-41-52-42(31-34)61(39-24-14-7-15-25-39)56-51-47(63-48-26-16-17-29-57(48,51)3)33-44-54(56)58(52)53-43(59(41)37-20-10-5-11-21-37)32-46-50(55(53)60(44)38-22-12-6-13-23-38)49-35(2)40(27-28-45(49)62-46)36-18-8-4-9-19-36/h4-33,35,40,48H,1-3H3/t35?,40?,48?,57-/m1/s1. The molecular formula is C57H42BN3O2. The largest absolute Gasteiger partial charge is 0.485 e. The average Bonchev–Trinajstić information content (AvgIpc) is 3.85. The molecule has 0 fully saturated rings. The normalized spacial score (nSPS) is 21.3. The van der Waals surface area contributed by atoms with Crippen LogP contribution in [0.15, 0.2) is 180 Å². The SMILES string of the molecule is Cc1cc2c3c(c1)N(c1ccccc1)c1c4c(cc5c1[C@]1(C)C=CC=CC1O5)N(c1ccccc1)c1c(c(cc5oc6c(c15)C(C)C(c1ccccc1)C=C6)N2c1ccccc1)B34. The molecule has 1 aromatic heterocycles. The van der Waals surface area contributed by atoms with E-state index < -0.39 is 5.41 Å². The van der Waals surface area contributed by atoms with Gasteiger partial charge < -0.3 is 23.9 Å². The van der Waals surface area contributed by atoms with Gasteiger partial charge in [-0.05, 0) is 108 Å². The van der Waals surface area contributed by atoms with Gasteiger partial charge in [0.2, 0.25) is 0 Å². The van der Waals surface area contributed by atoms with Gasteiger partial charge in [0.05, 0.1) is 16.8 Å². The first kappa shape index (κ1) is 35.2. The molecule has 2 aliphatic carbocycles. The van der Waals surface area contributed by atoms with E-state index in [0.29, 0.717) is 0 Å². The topological polar surface area (TPSA) is 32.1 Å². The summed E-state index contributed by atoms with van der Waals surface area (Å²) in [5.41, 5.74) is 19.9. The number of para-hydroxylation sites is 3. The summed E-state index contributed by atoms with van der Waals surface area (Å²) in [4.78, 5) is 7.64. The third-order valence-electron chi connectivity index (χ3n) is 14.8. The van der Waals surface area contributed by atoms with Crippen molar-refractivity contribution in [3.8, 4) is 5.75 Å². The van der Waals surface area contributed by atoms with Crippen LogP contribution >= 0.6 is 0 Å². The van der Waals surface area contributed by atoms with E-state index in [9.17, 15) is 0 Å². The lowest BCUT2D eigenvalue weighted by molar-refractivity contribution is 0.228. The predicted molar refractivity (Wildman–Crippen MR) is 260 cm³/mol. The molecule has 7 aromatic carbocycles. The van der Waals surface area contributed by atoms with Crippen molar-refractivity contribution in [2.45, 2.75) is 44.1 Å². The highest BCUT2D eigenvalue weighted by Gasteiger charge is 2.55. The van der Waals surface area contributed by atoms with Crippen LogP contribution in [0.4, 0.5) is 51.2 Å². The number of hydrogen-bond acceptors (Lipinski definition) is 5. The molecule has 5 nitrogen and oxygen atoms in total. The highest BCUT2D eigenvalue weighted by molar-refractivity contribution is 7.03. The fourth-order valence-corrected chi connectivity index (χ4v) is 12.2. The summed E-state index contributed by atoms with van der Waals surface area (Å²) in [5.74, 6) is 2.22. The van der Waals surface area contributed by atoms with Crippen molar-refractivity contribution in [2.24, 2.45) is 0 Å². The highest BCUT2D eigenvalue weighted by Crippen LogP contribution is 2.60. The van der Waals surface area contributed by atoms with Crippen molar-refractivity contribution >= 4 is 91.3 Å². The second-order valence-electron chi connectivity index (χ2n) is 18.3. The van der Waals surface area contributed by atoms with Crippen LogP contribution in [-0.2, 0) is 5.41 Å². The third-order valence-corrected chi connectivity index (χ3v) is 14.8. The van der Waals surface area contributed by atoms with E-state index in [-0.39, 0.29) is 24.7 Å². The Hall–Kier alpha value is -7.44. The number of anilines is 9. The van der Waals surface area contributed by atoms with Gasteiger partial charge in [-0.25, -0.2) is 0 Å². The molecule has 6 heteroatoms. The molecule has 0 bridgehead atoms. The third kappa shape index (κ3) is 4.57. The molecule has 6 aliphatic rings. The first-order chi connectivity index (χ1) is 31.0. The number of furan rings is 1. The van der Waals surface area contributed by atoms with E-state index in [4.69, 9.17) is 9.15 Å². The number of allylic oxidation sites excluding steroid dienone is 3. The van der Waals surface area contributed by atoms with Gasteiger partial charge >= 0.3 is 0 Å². The van der Waals surface area contributed by atoms with Crippen LogP contribution in [0.2, 0.25) is 0 Å². The Morgan fingerprint density at radius 2 is 1.17 bits per heavy atom. The first-order valence-corrected chi connectivity index (χ1v) is 22.3. The lowest BCUT2D eigenvalue weighted by Crippen LogP contribution is -2.65. The number of ether oxygens (including phenoxy) is 1.